The van der Waals surface area contributed by atoms with Gasteiger partial charge in [-0.3, -0.25) is 4.79 Å². The molecule has 2 aromatic heterocycles. The Labute approximate surface area is 211 Å². The van der Waals surface area contributed by atoms with Crippen LogP contribution < -0.4 is 10.6 Å². The van der Waals surface area contributed by atoms with Crippen molar-refractivity contribution >= 4 is 61.1 Å². The van der Waals surface area contributed by atoms with Crippen LogP contribution in [0.1, 0.15) is 35.5 Å². The predicted octanol–water partition coefficient (Wildman–Crippen LogP) is 5.01. The van der Waals surface area contributed by atoms with Gasteiger partial charge in [-0.2, -0.15) is 0 Å². The van der Waals surface area contributed by atoms with Crippen molar-refractivity contribution in [2.24, 2.45) is 0 Å². The number of carbonyl (C=O) groups excluding carboxylic acids is 1. The predicted molar refractivity (Wildman–Crippen MR) is 141 cm³/mol. The zero-order chi connectivity index (χ0) is 24.5. The van der Waals surface area contributed by atoms with Gasteiger partial charge >= 0.3 is 0 Å². The number of hydrogen-bond donors (Lipinski definition) is 2. The molecule has 4 atom stereocenters. The van der Waals surface area contributed by atoms with Crippen molar-refractivity contribution in [1.29, 1.82) is 0 Å². The first-order valence-corrected chi connectivity index (χ1v) is 12.7. The first kappa shape index (κ1) is 21.0. The van der Waals surface area contributed by atoms with Crippen molar-refractivity contribution < 1.29 is 14.3 Å². The van der Waals surface area contributed by atoms with Crippen LogP contribution in [-0.4, -0.2) is 41.3 Å². The lowest BCUT2D eigenvalue weighted by atomic mass is 9.93. The average molecular weight is 501 g/mol. The Kier molecular flexibility index (Phi) is 3.98. The minimum Gasteiger partial charge on any atom is -0.375 e. The lowest BCUT2D eigenvalue weighted by Gasteiger charge is -2.48. The molecule has 1 amide bonds. The number of fused-ring (bicyclic) bond motifs is 13. The maximum Gasteiger partial charge on any atom is 0.252 e. The topological polar surface area (TPSA) is 69.5 Å². The van der Waals surface area contributed by atoms with Crippen molar-refractivity contribution in [3.63, 3.8) is 0 Å². The van der Waals surface area contributed by atoms with Gasteiger partial charge in [-0.1, -0.05) is 35.9 Å². The number of benzene rings is 3. The molecule has 5 aromatic rings. The number of aromatic nitrogens is 2. The Morgan fingerprint density at radius 1 is 1.14 bits per heavy atom. The summed E-state index contributed by atoms with van der Waals surface area (Å²) >= 11 is 6.59. The summed E-state index contributed by atoms with van der Waals surface area (Å²) in [5, 5.41) is 11.5. The Hall–Kier alpha value is -3.10. The van der Waals surface area contributed by atoms with Gasteiger partial charge in [-0.25, -0.2) is 0 Å². The largest absolute Gasteiger partial charge is 0.375 e. The summed E-state index contributed by atoms with van der Waals surface area (Å²) < 4.78 is 17.9. The van der Waals surface area contributed by atoms with Crippen molar-refractivity contribution in [1.82, 2.24) is 19.8 Å². The molecule has 1 saturated heterocycles. The first-order chi connectivity index (χ1) is 17.5. The summed E-state index contributed by atoms with van der Waals surface area (Å²) in [6.45, 7) is 2.62. The van der Waals surface area contributed by atoms with Gasteiger partial charge in [0.15, 0.2) is 5.72 Å². The molecule has 0 radical (unpaired) electrons. The number of para-hydroxylation sites is 1. The Bertz CT molecular complexity index is 1800. The lowest BCUT2D eigenvalue weighted by Crippen LogP contribution is -2.59. The van der Waals surface area contributed by atoms with E-state index in [4.69, 9.17) is 21.1 Å². The minimum atomic E-state index is -0.826. The second-order valence-corrected chi connectivity index (χ2v) is 10.7. The zero-order valence-corrected chi connectivity index (χ0v) is 20.9. The molecule has 3 aliphatic rings. The van der Waals surface area contributed by atoms with Gasteiger partial charge in [-0.15, -0.1) is 0 Å². The first-order valence-electron chi connectivity index (χ1n) is 12.4. The summed E-state index contributed by atoms with van der Waals surface area (Å²) in [6, 6.07) is 14.4. The molecule has 3 aromatic carbocycles. The number of likely N-dealkylation sites (N-methyl/N-ethyl adjacent to an activating group) is 1. The van der Waals surface area contributed by atoms with E-state index in [2.05, 4.69) is 51.0 Å². The summed E-state index contributed by atoms with van der Waals surface area (Å²) in [4.78, 5) is 13.4. The van der Waals surface area contributed by atoms with E-state index in [1.807, 2.05) is 25.2 Å². The highest BCUT2D eigenvalue weighted by molar-refractivity contribution is 6.33. The van der Waals surface area contributed by atoms with Crippen LogP contribution in [0, 0.1) is 0 Å². The molecule has 3 aliphatic heterocycles. The molecule has 1 fully saturated rings. The van der Waals surface area contributed by atoms with E-state index in [-0.39, 0.29) is 24.3 Å². The smallest absolute Gasteiger partial charge is 0.252 e. The molecule has 2 bridgehead atoms. The van der Waals surface area contributed by atoms with E-state index < -0.39 is 5.72 Å². The van der Waals surface area contributed by atoms with Crippen LogP contribution >= 0.6 is 11.6 Å². The Morgan fingerprint density at radius 2 is 1.94 bits per heavy atom. The Balaban J connectivity index is 1.72. The van der Waals surface area contributed by atoms with Gasteiger partial charge in [-0.05, 0) is 37.7 Å². The molecule has 182 valence electrons. The van der Waals surface area contributed by atoms with Gasteiger partial charge in [0.05, 0.1) is 27.6 Å². The van der Waals surface area contributed by atoms with Gasteiger partial charge < -0.3 is 29.2 Å². The molecular weight excluding hydrogens is 476 g/mol. The van der Waals surface area contributed by atoms with E-state index in [1.165, 1.54) is 0 Å². The van der Waals surface area contributed by atoms with Gasteiger partial charge in [0.2, 0.25) is 0 Å². The quantitative estimate of drug-likeness (QED) is 0.357. The summed E-state index contributed by atoms with van der Waals surface area (Å²) in [5.74, 6) is -0.0214. The van der Waals surface area contributed by atoms with Crippen molar-refractivity contribution in [2.75, 3.05) is 14.2 Å². The monoisotopic (exact) mass is 500 g/mol. The van der Waals surface area contributed by atoms with Crippen molar-refractivity contribution in [3.8, 4) is 0 Å². The fourth-order valence-corrected chi connectivity index (χ4v) is 7.52. The number of amides is 1. The third-order valence-corrected chi connectivity index (χ3v) is 8.89. The highest BCUT2D eigenvalue weighted by atomic mass is 35.5. The van der Waals surface area contributed by atoms with Crippen molar-refractivity contribution in [2.45, 2.75) is 44.0 Å². The maximum absolute atomic E-state index is 13.4. The number of halogens is 1. The van der Waals surface area contributed by atoms with Crippen LogP contribution in [0.2, 0.25) is 5.02 Å². The molecule has 36 heavy (non-hydrogen) atoms. The third kappa shape index (κ3) is 2.25. The van der Waals surface area contributed by atoms with Crippen LogP contribution in [0.5, 0.6) is 0 Å². The fraction of sp³-hybridized carbons (Fsp3) is 0.321. The van der Waals surface area contributed by atoms with Gasteiger partial charge in [0, 0.05) is 52.7 Å². The third-order valence-electron chi connectivity index (χ3n) is 8.65. The summed E-state index contributed by atoms with van der Waals surface area (Å²) in [6.07, 6.45) is 0.226. The molecule has 8 rings (SSSR count). The number of hydrogen-bond acceptors (Lipinski definition) is 4. The van der Waals surface area contributed by atoms with Crippen LogP contribution in [0.15, 0.2) is 42.5 Å². The normalized spacial score (nSPS) is 26.9. The van der Waals surface area contributed by atoms with Crippen LogP contribution in [0.25, 0.3) is 43.6 Å². The second kappa shape index (κ2) is 6.81. The molecule has 2 N–H and O–H groups in total. The Morgan fingerprint density at radius 3 is 2.75 bits per heavy atom. The average Bonchev–Trinajstić information content (AvgIpc) is 3.50. The highest BCUT2D eigenvalue weighted by Crippen LogP contribution is 2.53. The molecule has 0 saturated carbocycles. The second-order valence-electron chi connectivity index (χ2n) is 10.3. The minimum absolute atomic E-state index is 0.0214. The molecule has 0 spiro atoms. The molecule has 0 unspecified atom stereocenters. The van der Waals surface area contributed by atoms with Crippen LogP contribution in [0.4, 0.5) is 0 Å². The molecule has 7 nitrogen and oxygen atoms in total. The SMILES string of the molecule is CN[C@@H]1C[C@H]2O[C@@](C)([C@@H]1OC)n1c3cc(Cl)ccc3c3c4c(c5c6ccccc6n2c5c31)C(=O)NC4. The van der Waals surface area contributed by atoms with E-state index in [0.717, 1.165) is 61.2 Å². The standard InChI is InChI=1S/C28H25ClN4O3/c1-28-26(35-3)17(30-2)11-20(36-28)32-18-7-5-4-6-14(18)22-23-16(12-31-27(23)34)21-15-9-8-13(29)10-19(15)33(28)25(21)24(22)32/h4-10,17,20,26,30H,11-12H2,1-3H3,(H,31,34)/t17-,20-,26-,28+/m1/s1. The number of nitrogens with one attached hydrogen (secondary N) is 2. The number of ether oxygens (including phenoxy) is 2. The molecule has 0 aliphatic carbocycles. The maximum atomic E-state index is 13.4. The number of rotatable bonds is 2. The number of nitrogens with zero attached hydrogens (tertiary/aromatic N) is 2. The number of methoxy groups -OCH3 is 1. The van der Waals surface area contributed by atoms with Gasteiger partial charge in [0.1, 0.15) is 12.3 Å². The highest BCUT2D eigenvalue weighted by Gasteiger charge is 2.53. The summed E-state index contributed by atoms with van der Waals surface area (Å²) in [7, 11) is 3.73. The van der Waals surface area contributed by atoms with E-state index in [0.29, 0.717) is 11.6 Å². The van der Waals surface area contributed by atoms with E-state index in [1.54, 1.807) is 7.11 Å². The van der Waals surface area contributed by atoms with Crippen LogP contribution in [-0.2, 0) is 21.7 Å². The summed E-state index contributed by atoms with van der Waals surface area (Å²) in [5.41, 5.74) is 5.13. The number of carbonyl (C=O) groups is 1. The van der Waals surface area contributed by atoms with E-state index in [9.17, 15) is 4.79 Å². The molecular formula is C28H25ClN4O3. The fourth-order valence-electron chi connectivity index (χ4n) is 7.36. The lowest BCUT2D eigenvalue weighted by molar-refractivity contribution is -0.256. The molecule has 5 heterocycles. The van der Waals surface area contributed by atoms with Gasteiger partial charge in [0.25, 0.3) is 5.91 Å². The van der Waals surface area contributed by atoms with Crippen molar-refractivity contribution in [3.05, 3.63) is 58.6 Å². The zero-order valence-electron chi connectivity index (χ0n) is 20.2. The van der Waals surface area contributed by atoms with Crippen LogP contribution in [0.3, 0.4) is 0 Å². The molecule has 8 heteroatoms. The van der Waals surface area contributed by atoms with E-state index >= 15 is 0 Å².